The van der Waals surface area contributed by atoms with Gasteiger partial charge >= 0.3 is 137 Å². The van der Waals surface area contributed by atoms with Gasteiger partial charge in [-0.05, 0) is 92.2 Å². The fourth-order valence-electron chi connectivity index (χ4n) is 10.0. The van der Waals surface area contributed by atoms with Gasteiger partial charge in [-0.25, -0.2) is 6.07 Å². The van der Waals surface area contributed by atoms with Crippen molar-refractivity contribution in [3.05, 3.63) is 204 Å². The predicted octanol–water partition coefficient (Wildman–Crippen LogP) is 13.0. The Bertz CT molecular complexity index is 2910. The van der Waals surface area contributed by atoms with Crippen LogP contribution in [0.15, 0.2) is 109 Å². The quantitative estimate of drug-likeness (QED) is 0.119. The molecule has 0 spiro atoms. The summed E-state index contributed by atoms with van der Waals surface area (Å²) in [5, 5.41) is 0. The summed E-state index contributed by atoms with van der Waals surface area (Å²) in [4.78, 5) is 0. The van der Waals surface area contributed by atoms with Gasteiger partial charge in [0, 0.05) is 0 Å². The van der Waals surface area contributed by atoms with Crippen LogP contribution in [0.3, 0.4) is 0 Å². The number of hydrogen-bond donors (Lipinski definition) is 0. The predicted molar refractivity (Wildman–Crippen MR) is 286 cm³/mol. The Morgan fingerprint density at radius 3 is 1.36 bits per heavy atom. The molecule has 392 valence electrons. The standard InChI is InChI=1S/C39H45.C15H8F6.C11H17.2ClH.Zr/c1-22-13-24(3)36(25(4)14-22)32-18-28-17-29-19-33(37-26(5)15-23(2)16-27(37)6)35(39(10,11)12)21-31(29)30(28)20-34(32)38(7,8)9;16-14(17,18)12-5-1-3-10(8-12)7-11-4-2-6-13(9-11)15(19,20)21;1-5-9-6-7-10(8-9)11(2,3)4;;;/h13-16,18,20-21H,17H2,1-12H3;1-6,8-9H;6-8H,5H2,1-4H3;2*1H;/q-1;;-1;;;+2/p-2. The van der Waals surface area contributed by atoms with Crippen molar-refractivity contribution >= 4 is 3.21 Å². The maximum absolute atomic E-state index is 12.7. The van der Waals surface area contributed by atoms with Crippen molar-refractivity contribution in [3.8, 4) is 33.4 Å². The Morgan fingerprint density at radius 2 is 0.973 bits per heavy atom. The first-order valence-electron chi connectivity index (χ1n) is 24.8. The van der Waals surface area contributed by atoms with E-state index in [9.17, 15) is 26.3 Å². The number of rotatable bonds is 5. The van der Waals surface area contributed by atoms with Gasteiger partial charge in [0.15, 0.2) is 0 Å². The average molecular weight is 1130 g/mol. The van der Waals surface area contributed by atoms with Crippen molar-refractivity contribution in [1.82, 2.24) is 0 Å². The summed E-state index contributed by atoms with van der Waals surface area (Å²) in [6.45, 7) is 36.5. The molecule has 0 heterocycles. The van der Waals surface area contributed by atoms with Crippen LogP contribution >= 0.6 is 0 Å². The van der Waals surface area contributed by atoms with Crippen LogP contribution in [0, 0.1) is 47.6 Å². The van der Waals surface area contributed by atoms with Crippen LogP contribution in [0.25, 0.3) is 33.4 Å². The molecule has 0 atom stereocenters. The minimum absolute atomic E-state index is 0. The van der Waals surface area contributed by atoms with E-state index in [1.807, 2.05) is 0 Å². The van der Waals surface area contributed by atoms with Gasteiger partial charge in [-0.1, -0.05) is 156 Å². The van der Waals surface area contributed by atoms with E-state index < -0.39 is 23.5 Å². The van der Waals surface area contributed by atoms with Crippen molar-refractivity contribution in [2.24, 2.45) is 0 Å². The van der Waals surface area contributed by atoms with Crippen LogP contribution in [0.2, 0.25) is 0 Å². The summed E-state index contributed by atoms with van der Waals surface area (Å²) in [6, 6.07) is 36.8. The summed E-state index contributed by atoms with van der Waals surface area (Å²) in [5.41, 5.74) is 24.0. The smallest absolute Gasteiger partial charge is 1.00 e. The van der Waals surface area contributed by atoms with Crippen LogP contribution in [0.5, 0.6) is 0 Å². The third-order valence-corrected chi connectivity index (χ3v) is 15.0. The van der Waals surface area contributed by atoms with Gasteiger partial charge in [-0.2, -0.15) is 23.3 Å². The zero-order valence-electron chi connectivity index (χ0n) is 45.8. The van der Waals surface area contributed by atoms with E-state index in [1.165, 1.54) is 124 Å². The molecule has 0 nitrogen and oxygen atoms in total. The molecule has 1 aliphatic carbocycles. The van der Waals surface area contributed by atoms with Gasteiger partial charge in [0.2, 0.25) is 0 Å². The Balaban J connectivity index is 0.000000284. The van der Waals surface area contributed by atoms with Crippen molar-refractivity contribution in [2.45, 2.75) is 152 Å². The minimum Gasteiger partial charge on any atom is -1.00 e. The van der Waals surface area contributed by atoms with Crippen molar-refractivity contribution in [3.63, 3.8) is 0 Å². The van der Waals surface area contributed by atoms with Gasteiger partial charge in [0.25, 0.3) is 0 Å². The van der Waals surface area contributed by atoms with E-state index in [0.29, 0.717) is 8.62 Å². The fraction of sp³-hybridized carbons (Fsp3) is 0.354. The molecule has 0 radical (unpaired) electrons. The van der Waals surface area contributed by atoms with E-state index in [0.717, 1.165) is 61.3 Å². The molecule has 0 fully saturated rings. The molecule has 8 rings (SSSR count). The molecule has 7 aromatic rings. The number of fused-ring (bicyclic) bond motifs is 3. The molecule has 0 saturated carbocycles. The third-order valence-electron chi connectivity index (χ3n) is 13.6. The molecule has 0 bridgehead atoms. The van der Waals surface area contributed by atoms with Gasteiger partial charge in [-0.15, -0.1) is 28.8 Å². The topological polar surface area (TPSA) is 0 Å². The monoisotopic (exact) mass is 1120 g/mol. The van der Waals surface area contributed by atoms with Crippen LogP contribution < -0.4 is 24.8 Å². The first kappa shape index (κ1) is 62.1. The van der Waals surface area contributed by atoms with Crippen LogP contribution in [0.1, 0.15) is 158 Å². The molecule has 7 aromatic carbocycles. The molecule has 0 aliphatic heterocycles. The number of halogens is 8. The first-order valence-corrected chi connectivity index (χ1v) is 26.1. The molecular formula is C65H70Cl2F6Zr-2. The van der Waals surface area contributed by atoms with E-state index in [-0.39, 0.29) is 46.8 Å². The number of aryl methyl sites for hydroxylation is 7. The SMILES string of the molecule is CCc1cc(C(C)(C)C)c[cH-]1.Cc1cc(C)c(-c2[c-]c3c(cc2C(C)(C)C)-c2cc(C(C)(C)C)c(-c4c(C)cc(C)cc4C)cc2C3)c(C)c1.FC(F)(F)c1cccc([C](=[Zr+2])c2cccc(C(F)(F)F)c2)c1.[Cl-].[Cl-]. The molecule has 9 heteroatoms. The summed E-state index contributed by atoms with van der Waals surface area (Å²) in [6.07, 6.45) is -6.89. The number of hydrogen-bond acceptors (Lipinski definition) is 0. The second-order valence-electron chi connectivity index (χ2n) is 22.9. The minimum atomic E-state index is -4.49. The fourth-order valence-corrected chi connectivity index (χ4v) is 10.8. The summed E-state index contributed by atoms with van der Waals surface area (Å²) < 4.78 is 76.7. The number of alkyl halides is 6. The molecule has 0 saturated heterocycles. The molecule has 74 heavy (non-hydrogen) atoms. The second-order valence-corrected chi connectivity index (χ2v) is 24.1. The van der Waals surface area contributed by atoms with E-state index in [4.69, 9.17) is 0 Å². The zero-order chi connectivity index (χ0) is 53.6. The molecule has 0 unspecified atom stereocenters. The van der Waals surface area contributed by atoms with Gasteiger partial charge in [0.1, 0.15) is 0 Å². The third kappa shape index (κ3) is 14.3. The Labute approximate surface area is 465 Å². The molecular weight excluding hydrogens is 1060 g/mol. The summed E-state index contributed by atoms with van der Waals surface area (Å²) in [7, 11) is 0. The van der Waals surface area contributed by atoms with Crippen LogP contribution in [-0.2, 0) is 65.7 Å². The van der Waals surface area contributed by atoms with E-state index in [1.54, 1.807) is 0 Å². The van der Waals surface area contributed by atoms with Gasteiger partial charge < -0.3 is 24.8 Å². The van der Waals surface area contributed by atoms with Crippen molar-refractivity contribution in [1.29, 1.82) is 0 Å². The average Bonchev–Trinajstić information content (AvgIpc) is 3.89. The zero-order valence-corrected chi connectivity index (χ0v) is 49.8. The van der Waals surface area contributed by atoms with Crippen LogP contribution in [0.4, 0.5) is 26.3 Å². The Hall–Kier alpha value is -4.42. The molecule has 1 aliphatic rings. The molecule has 0 amide bonds. The first-order chi connectivity index (χ1) is 33.2. The molecule has 0 aromatic heterocycles. The van der Waals surface area contributed by atoms with E-state index in [2.05, 4.69) is 178 Å². The maximum Gasteiger partial charge on any atom is -1.00 e. The largest absolute Gasteiger partial charge is 1.00 e. The summed E-state index contributed by atoms with van der Waals surface area (Å²) in [5.74, 6) is 0. The van der Waals surface area contributed by atoms with Gasteiger partial charge in [-0.3, -0.25) is 0 Å². The maximum atomic E-state index is 12.7. The molecule has 0 N–H and O–H groups in total. The van der Waals surface area contributed by atoms with Gasteiger partial charge in [0.05, 0.1) is 0 Å². The van der Waals surface area contributed by atoms with E-state index >= 15 is 0 Å². The number of benzene rings is 6. The summed E-state index contributed by atoms with van der Waals surface area (Å²) >= 11 is 0.729. The second kappa shape index (κ2) is 23.4. The Kier molecular flexibility index (Phi) is 19.7. The van der Waals surface area contributed by atoms with Crippen LogP contribution in [-0.4, -0.2) is 3.21 Å². The van der Waals surface area contributed by atoms with Crippen molar-refractivity contribution in [2.75, 3.05) is 0 Å². The normalized spacial score (nSPS) is 12.3. The van der Waals surface area contributed by atoms with Crippen molar-refractivity contribution < 1.29 is 75.4 Å². The Morgan fingerprint density at radius 1 is 0.527 bits per heavy atom.